The van der Waals surface area contributed by atoms with Gasteiger partial charge in [0.1, 0.15) is 11.5 Å². The van der Waals surface area contributed by atoms with Crippen molar-refractivity contribution in [3.05, 3.63) is 29.6 Å². The molecule has 0 saturated heterocycles. The maximum atomic E-state index is 12.6. The number of rotatable bonds is 1. The Balaban J connectivity index is 3.09. The lowest BCUT2D eigenvalue weighted by atomic mass is 10.3. The van der Waals surface area contributed by atoms with Crippen LogP contribution < -0.4 is 5.32 Å². The van der Waals surface area contributed by atoms with Crippen LogP contribution in [0.15, 0.2) is 12.1 Å². The predicted molar refractivity (Wildman–Crippen MR) is 36.0 cm³/mol. The van der Waals surface area contributed by atoms with Crippen LogP contribution in [-0.4, -0.2) is 6.30 Å². The molecule has 14 heavy (non-hydrogen) atoms. The summed E-state index contributed by atoms with van der Waals surface area (Å²) in [4.78, 5) is 0. The normalized spacial score (nSPS) is 11.6. The van der Waals surface area contributed by atoms with E-state index in [1.54, 1.807) is 0 Å². The van der Waals surface area contributed by atoms with Gasteiger partial charge in [-0.05, 0) is 0 Å². The van der Waals surface area contributed by atoms with Crippen molar-refractivity contribution in [1.29, 1.82) is 0 Å². The molecule has 7 heteroatoms. The molecule has 0 spiro atoms. The third-order valence-electron chi connectivity index (χ3n) is 1.27. The molecule has 0 saturated carbocycles. The first kappa shape index (κ1) is 10.7. The standard InChI is InChI=1S/C7H3F6N/c8-3-1-4(9)6(5(10)2-3)14-7(11,12)13/h1-2,14H. The summed E-state index contributed by atoms with van der Waals surface area (Å²) < 4.78 is 72.4. The van der Waals surface area contributed by atoms with E-state index >= 15 is 0 Å². The van der Waals surface area contributed by atoms with Gasteiger partial charge in [0, 0.05) is 12.1 Å². The maximum Gasteiger partial charge on any atom is 0.482 e. The molecule has 0 aliphatic carbocycles. The summed E-state index contributed by atoms with van der Waals surface area (Å²) >= 11 is 0. The molecule has 0 fully saturated rings. The Kier molecular flexibility index (Phi) is 2.59. The average molecular weight is 215 g/mol. The van der Waals surface area contributed by atoms with E-state index in [1.807, 2.05) is 0 Å². The van der Waals surface area contributed by atoms with E-state index in [9.17, 15) is 26.3 Å². The molecular weight excluding hydrogens is 212 g/mol. The Morgan fingerprint density at radius 3 is 1.71 bits per heavy atom. The number of nitrogens with one attached hydrogen (secondary N) is 1. The second kappa shape index (κ2) is 3.39. The van der Waals surface area contributed by atoms with Gasteiger partial charge in [-0.25, -0.2) is 13.2 Å². The summed E-state index contributed by atoms with van der Waals surface area (Å²) in [5.74, 6) is -4.56. The molecule has 1 aromatic rings. The van der Waals surface area contributed by atoms with Crippen molar-refractivity contribution in [2.24, 2.45) is 0 Å². The smallest absolute Gasteiger partial charge is 0.292 e. The highest BCUT2D eigenvalue weighted by atomic mass is 19.4. The van der Waals surface area contributed by atoms with Crippen LogP contribution in [0.4, 0.5) is 32.0 Å². The van der Waals surface area contributed by atoms with Crippen LogP contribution in [0, 0.1) is 17.5 Å². The van der Waals surface area contributed by atoms with Crippen molar-refractivity contribution < 1.29 is 26.3 Å². The highest BCUT2D eigenvalue weighted by molar-refractivity contribution is 5.46. The lowest BCUT2D eigenvalue weighted by Crippen LogP contribution is -2.22. The van der Waals surface area contributed by atoms with Crippen molar-refractivity contribution >= 4 is 5.69 Å². The first-order valence-electron chi connectivity index (χ1n) is 3.29. The molecule has 0 atom stereocenters. The Hall–Kier alpha value is -1.40. The molecule has 0 radical (unpaired) electrons. The number of alkyl halides is 3. The first-order chi connectivity index (χ1) is 6.29. The molecule has 1 rings (SSSR count). The minimum atomic E-state index is -4.97. The minimum Gasteiger partial charge on any atom is -0.292 e. The van der Waals surface area contributed by atoms with Crippen molar-refractivity contribution in [3.8, 4) is 0 Å². The Labute approximate surface area is 74.3 Å². The van der Waals surface area contributed by atoms with Crippen molar-refractivity contribution in [3.63, 3.8) is 0 Å². The largest absolute Gasteiger partial charge is 0.482 e. The fourth-order valence-electron chi connectivity index (χ4n) is 0.803. The van der Waals surface area contributed by atoms with Crippen molar-refractivity contribution in [2.75, 3.05) is 5.32 Å². The van der Waals surface area contributed by atoms with Gasteiger partial charge in [0.2, 0.25) is 0 Å². The Morgan fingerprint density at radius 2 is 1.36 bits per heavy atom. The second-order valence-electron chi connectivity index (χ2n) is 2.37. The van der Waals surface area contributed by atoms with Gasteiger partial charge in [-0.3, -0.25) is 5.32 Å². The van der Waals surface area contributed by atoms with E-state index in [4.69, 9.17) is 0 Å². The zero-order valence-corrected chi connectivity index (χ0v) is 6.42. The van der Waals surface area contributed by atoms with Crippen LogP contribution in [0.25, 0.3) is 0 Å². The molecule has 0 aliphatic heterocycles. The van der Waals surface area contributed by atoms with Gasteiger partial charge in [0.25, 0.3) is 0 Å². The number of benzene rings is 1. The topological polar surface area (TPSA) is 12.0 Å². The lowest BCUT2D eigenvalue weighted by molar-refractivity contribution is -0.100. The van der Waals surface area contributed by atoms with Gasteiger partial charge in [-0.2, -0.15) is 13.2 Å². The van der Waals surface area contributed by atoms with Crippen LogP contribution in [0.5, 0.6) is 0 Å². The van der Waals surface area contributed by atoms with Crippen molar-refractivity contribution in [1.82, 2.24) is 0 Å². The van der Waals surface area contributed by atoms with E-state index in [0.717, 1.165) is 0 Å². The summed E-state index contributed by atoms with van der Waals surface area (Å²) in [6, 6.07) is 0.300. The Morgan fingerprint density at radius 1 is 0.929 bits per heavy atom. The molecule has 78 valence electrons. The third kappa shape index (κ3) is 2.54. The fourth-order valence-corrected chi connectivity index (χ4v) is 0.803. The van der Waals surface area contributed by atoms with Gasteiger partial charge < -0.3 is 0 Å². The van der Waals surface area contributed by atoms with Crippen LogP contribution in [0.1, 0.15) is 0 Å². The van der Waals surface area contributed by atoms with Gasteiger partial charge in [0.15, 0.2) is 11.6 Å². The number of anilines is 1. The number of hydrogen-bond donors (Lipinski definition) is 1. The van der Waals surface area contributed by atoms with Crippen LogP contribution in [0.2, 0.25) is 0 Å². The monoisotopic (exact) mass is 215 g/mol. The maximum absolute atomic E-state index is 12.6. The molecule has 0 bridgehead atoms. The first-order valence-corrected chi connectivity index (χ1v) is 3.29. The van der Waals surface area contributed by atoms with E-state index in [1.165, 1.54) is 0 Å². The summed E-state index contributed by atoms with van der Waals surface area (Å²) in [6.45, 7) is 0. The SMILES string of the molecule is Fc1cc(F)c(NC(F)(F)F)c(F)c1. The highest BCUT2D eigenvalue weighted by Crippen LogP contribution is 2.25. The zero-order valence-electron chi connectivity index (χ0n) is 6.42. The summed E-state index contributed by atoms with van der Waals surface area (Å²) in [6.07, 6.45) is -4.97. The van der Waals surface area contributed by atoms with E-state index in [-0.39, 0.29) is 12.1 Å². The van der Waals surface area contributed by atoms with Crippen LogP contribution >= 0.6 is 0 Å². The van der Waals surface area contributed by atoms with Gasteiger partial charge in [0.05, 0.1) is 0 Å². The number of hydrogen-bond acceptors (Lipinski definition) is 1. The van der Waals surface area contributed by atoms with Crippen LogP contribution in [0.3, 0.4) is 0 Å². The lowest BCUT2D eigenvalue weighted by Gasteiger charge is -2.11. The van der Waals surface area contributed by atoms with Crippen LogP contribution in [-0.2, 0) is 0 Å². The number of halogens is 6. The molecular formula is C7H3F6N. The molecule has 1 aromatic carbocycles. The fraction of sp³-hybridized carbons (Fsp3) is 0.143. The second-order valence-corrected chi connectivity index (χ2v) is 2.37. The summed E-state index contributed by atoms with van der Waals surface area (Å²) in [7, 11) is 0. The van der Waals surface area contributed by atoms with E-state index < -0.39 is 29.4 Å². The van der Waals surface area contributed by atoms with Gasteiger partial charge >= 0.3 is 6.30 Å². The predicted octanol–water partition coefficient (Wildman–Crippen LogP) is 3.04. The van der Waals surface area contributed by atoms with E-state index in [2.05, 4.69) is 0 Å². The average Bonchev–Trinajstić information content (AvgIpc) is 1.95. The molecule has 0 heterocycles. The molecule has 0 amide bonds. The van der Waals surface area contributed by atoms with Gasteiger partial charge in [-0.15, -0.1) is 0 Å². The third-order valence-corrected chi connectivity index (χ3v) is 1.27. The zero-order chi connectivity index (χ0) is 10.9. The molecule has 1 nitrogen and oxygen atoms in total. The quantitative estimate of drug-likeness (QED) is 0.560. The summed E-state index contributed by atoms with van der Waals surface area (Å²) in [5, 5.41) is 0.628. The van der Waals surface area contributed by atoms with E-state index in [0.29, 0.717) is 5.32 Å². The highest BCUT2D eigenvalue weighted by Gasteiger charge is 2.30. The molecule has 1 N–H and O–H groups in total. The van der Waals surface area contributed by atoms with Crippen molar-refractivity contribution in [2.45, 2.75) is 6.30 Å². The Bertz CT molecular complexity index is 322. The van der Waals surface area contributed by atoms with Gasteiger partial charge in [-0.1, -0.05) is 0 Å². The molecule has 0 aromatic heterocycles. The summed E-state index contributed by atoms with van der Waals surface area (Å²) in [5.41, 5.74) is -1.42. The minimum absolute atomic E-state index is 0.150. The molecule has 0 aliphatic rings. The molecule has 0 unspecified atom stereocenters.